The van der Waals surface area contributed by atoms with Crippen LogP contribution < -0.4 is 16.4 Å². The van der Waals surface area contributed by atoms with Gasteiger partial charge < -0.3 is 20.8 Å². The third kappa shape index (κ3) is 9.89. The number of carbonyl (C=O) groups is 2. The van der Waals surface area contributed by atoms with Crippen LogP contribution in [0, 0.1) is 6.92 Å². The number of rotatable bonds is 20. The molecule has 6 aromatic rings. The molecule has 0 saturated heterocycles. The highest BCUT2D eigenvalue weighted by Crippen LogP contribution is 2.49. The van der Waals surface area contributed by atoms with E-state index in [0.717, 1.165) is 33.0 Å². The van der Waals surface area contributed by atoms with E-state index in [9.17, 15) is 15.0 Å². The van der Waals surface area contributed by atoms with Gasteiger partial charge in [0, 0.05) is 54.2 Å². The molecule has 11 nitrogen and oxygen atoms in total. The molecule has 0 aliphatic rings. The third-order valence-corrected chi connectivity index (χ3v) is 13.3. The Morgan fingerprint density at radius 1 is 0.672 bits per heavy atom. The van der Waals surface area contributed by atoms with Crippen LogP contribution in [0.15, 0.2) is 139 Å². The Balaban J connectivity index is 1.75. The second kappa shape index (κ2) is 21.0. The van der Waals surface area contributed by atoms with Gasteiger partial charge >= 0.3 is 0 Å². The summed E-state index contributed by atoms with van der Waals surface area (Å²) in [5, 5.41) is 35.4. The standard InChI is InChI=1S/C52H63N7O4S/c1-35-34-64-44(56-35)33-59(8)50(63)46-42(47(36(2)60)51(57(4)5,40-25-17-11-18-26-40)54-31-38-21-13-9-14-22-38)29-30-43(49(53)62)45(46)48(37(3)61)52(58(6)7,41-27-19-12-20-28-41)55-32-39-23-15-10-16-24-39/h9-30,34,36-37,47-48,54-55,60-61H,31-33H2,1-8H3,(H2,53,62). The lowest BCUT2D eigenvalue weighted by molar-refractivity contribution is 0.00556. The van der Waals surface area contributed by atoms with E-state index < -0.39 is 47.2 Å². The van der Waals surface area contributed by atoms with Crippen LogP contribution in [-0.4, -0.2) is 89.2 Å². The molecule has 0 aliphatic heterocycles. The number of hydrogen-bond donors (Lipinski definition) is 5. The van der Waals surface area contributed by atoms with E-state index in [2.05, 4.69) is 10.6 Å². The van der Waals surface area contributed by atoms with Crippen molar-refractivity contribution >= 4 is 23.2 Å². The number of nitrogens with one attached hydrogen (secondary N) is 2. The number of thiazole rings is 1. The minimum atomic E-state index is -1.27. The van der Waals surface area contributed by atoms with Crippen LogP contribution in [0.2, 0.25) is 0 Å². The Hall–Kier alpha value is -5.57. The van der Waals surface area contributed by atoms with Gasteiger partial charge in [0.25, 0.3) is 5.91 Å². The van der Waals surface area contributed by atoms with Crippen molar-refractivity contribution < 1.29 is 19.8 Å². The normalized spacial score (nSPS) is 15.5. The zero-order valence-electron chi connectivity index (χ0n) is 38.2. The molecule has 5 aromatic carbocycles. The molecule has 1 heterocycles. The van der Waals surface area contributed by atoms with Gasteiger partial charge in [-0.2, -0.15) is 0 Å². The summed E-state index contributed by atoms with van der Waals surface area (Å²) in [7, 11) is 9.47. The molecule has 0 radical (unpaired) electrons. The van der Waals surface area contributed by atoms with Gasteiger partial charge in [-0.25, -0.2) is 4.98 Å². The summed E-state index contributed by atoms with van der Waals surface area (Å²) < 4.78 is 0. The molecule has 6 N–H and O–H groups in total. The lowest BCUT2D eigenvalue weighted by Gasteiger charge is -2.51. The summed E-state index contributed by atoms with van der Waals surface area (Å²) in [5.74, 6) is -3.09. The van der Waals surface area contributed by atoms with Crippen molar-refractivity contribution in [3.8, 4) is 0 Å². The second-order valence-corrected chi connectivity index (χ2v) is 18.0. The zero-order valence-corrected chi connectivity index (χ0v) is 39.0. The molecule has 0 saturated carbocycles. The van der Waals surface area contributed by atoms with Crippen LogP contribution in [-0.2, 0) is 31.0 Å². The average Bonchev–Trinajstić information content (AvgIpc) is 3.70. The molecule has 6 unspecified atom stereocenters. The van der Waals surface area contributed by atoms with Crippen molar-refractivity contribution in [2.45, 2.75) is 75.8 Å². The molecule has 2 amide bonds. The minimum Gasteiger partial charge on any atom is -0.393 e. The first kappa shape index (κ1) is 47.9. The fourth-order valence-corrected chi connectivity index (χ4v) is 10.3. The number of carbonyl (C=O) groups excluding carboxylic acids is 2. The first-order valence-corrected chi connectivity index (χ1v) is 22.5. The third-order valence-electron chi connectivity index (χ3n) is 12.3. The molecule has 12 heteroatoms. The topological polar surface area (TPSA) is 147 Å². The Morgan fingerprint density at radius 2 is 1.11 bits per heavy atom. The van der Waals surface area contributed by atoms with Crippen LogP contribution in [0.1, 0.15) is 90.5 Å². The van der Waals surface area contributed by atoms with Gasteiger partial charge in [0.1, 0.15) is 16.3 Å². The van der Waals surface area contributed by atoms with E-state index in [1.54, 1.807) is 37.9 Å². The van der Waals surface area contributed by atoms with Crippen LogP contribution >= 0.6 is 11.3 Å². The summed E-state index contributed by atoms with van der Waals surface area (Å²) in [5.41, 5.74) is 9.44. The SMILES string of the molecule is Cc1csc(CN(C)C(=O)c2c(C(C(C)O)C(NCc3ccccc3)(c3ccccc3)N(C)C)ccc(C(N)=O)c2C(C(C)O)C(NCc2ccccc2)(c2ccccc2)N(C)C)n1. The predicted octanol–water partition coefficient (Wildman–Crippen LogP) is 7.16. The van der Waals surface area contributed by atoms with Gasteiger partial charge in [-0.3, -0.25) is 30.0 Å². The largest absolute Gasteiger partial charge is 0.393 e. The van der Waals surface area contributed by atoms with E-state index in [-0.39, 0.29) is 23.2 Å². The number of nitrogens with two attached hydrogens (primary N) is 1. The van der Waals surface area contributed by atoms with Gasteiger partial charge in [-0.1, -0.05) is 127 Å². The first-order chi connectivity index (χ1) is 30.6. The van der Waals surface area contributed by atoms with Crippen LogP contribution in [0.25, 0.3) is 0 Å². The van der Waals surface area contributed by atoms with Gasteiger partial charge in [0.2, 0.25) is 5.91 Å². The Morgan fingerprint density at radius 3 is 1.50 bits per heavy atom. The number of benzene rings is 5. The number of aliphatic hydroxyl groups is 2. The summed E-state index contributed by atoms with van der Waals surface area (Å²) in [6, 6.07) is 43.1. The first-order valence-electron chi connectivity index (χ1n) is 21.7. The van der Waals surface area contributed by atoms with Crippen molar-refractivity contribution in [1.82, 2.24) is 30.3 Å². The summed E-state index contributed by atoms with van der Waals surface area (Å²) in [6.45, 7) is 6.28. The Labute approximate surface area is 382 Å². The fourth-order valence-electron chi connectivity index (χ4n) is 9.47. The maximum atomic E-state index is 16.0. The van der Waals surface area contributed by atoms with Crippen LogP contribution in [0.5, 0.6) is 0 Å². The number of aryl methyl sites for hydroxylation is 1. The average molecular weight is 882 g/mol. The highest BCUT2D eigenvalue weighted by atomic mass is 32.1. The molecule has 0 spiro atoms. The second-order valence-electron chi connectivity index (χ2n) is 17.1. The molecule has 64 heavy (non-hydrogen) atoms. The van der Waals surface area contributed by atoms with Gasteiger partial charge in [-0.15, -0.1) is 11.3 Å². The van der Waals surface area contributed by atoms with Gasteiger partial charge in [0.05, 0.1) is 18.8 Å². The summed E-state index contributed by atoms with van der Waals surface area (Å²) >= 11 is 1.46. The van der Waals surface area contributed by atoms with E-state index in [1.807, 2.05) is 172 Å². The van der Waals surface area contributed by atoms with Gasteiger partial charge in [-0.05, 0) is 88.4 Å². The van der Waals surface area contributed by atoms with E-state index in [0.29, 0.717) is 18.7 Å². The predicted molar refractivity (Wildman–Crippen MR) is 257 cm³/mol. The summed E-state index contributed by atoms with van der Waals surface area (Å²) in [6.07, 6.45) is -2.28. The number of aromatic nitrogens is 1. The Kier molecular flexibility index (Phi) is 15.7. The number of likely N-dealkylation sites (N-methyl/N-ethyl adjacent to an activating group) is 2. The number of nitrogens with zero attached hydrogens (tertiary/aromatic N) is 4. The number of amides is 2. The Bertz CT molecular complexity index is 2450. The number of primary amides is 1. The molecule has 6 rings (SSSR count). The number of hydrogen-bond acceptors (Lipinski definition) is 10. The lowest BCUT2D eigenvalue weighted by atomic mass is 9.69. The maximum Gasteiger partial charge on any atom is 0.254 e. The molecular formula is C52H63N7O4S. The van der Waals surface area contributed by atoms with Crippen LogP contribution in [0.3, 0.4) is 0 Å². The van der Waals surface area contributed by atoms with E-state index >= 15 is 4.79 Å². The quantitative estimate of drug-likeness (QED) is 0.0505. The molecule has 0 aliphatic carbocycles. The molecule has 1 aromatic heterocycles. The molecule has 6 atom stereocenters. The highest BCUT2D eigenvalue weighted by molar-refractivity contribution is 7.09. The van der Waals surface area contributed by atoms with Crippen molar-refractivity contribution in [2.75, 3.05) is 35.2 Å². The van der Waals surface area contributed by atoms with Gasteiger partial charge in [0.15, 0.2) is 0 Å². The minimum absolute atomic E-state index is 0.0805. The molecule has 0 bridgehead atoms. The monoisotopic (exact) mass is 881 g/mol. The smallest absolute Gasteiger partial charge is 0.254 e. The lowest BCUT2D eigenvalue weighted by Crippen LogP contribution is -2.60. The molecule has 336 valence electrons. The van der Waals surface area contributed by atoms with Crippen molar-refractivity contribution in [3.05, 3.63) is 194 Å². The summed E-state index contributed by atoms with van der Waals surface area (Å²) in [4.78, 5) is 40.4. The van der Waals surface area contributed by atoms with Crippen molar-refractivity contribution in [3.63, 3.8) is 0 Å². The molecular weight excluding hydrogens is 819 g/mol. The van der Waals surface area contributed by atoms with Crippen molar-refractivity contribution in [1.29, 1.82) is 0 Å². The maximum absolute atomic E-state index is 16.0. The van der Waals surface area contributed by atoms with Crippen molar-refractivity contribution in [2.24, 2.45) is 5.73 Å². The fraction of sp³-hybridized carbons (Fsp3) is 0.327. The van der Waals surface area contributed by atoms with E-state index in [1.165, 1.54) is 11.3 Å². The molecule has 0 fully saturated rings. The highest BCUT2D eigenvalue weighted by Gasteiger charge is 2.52. The van der Waals surface area contributed by atoms with Crippen LogP contribution in [0.4, 0.5) is 0 Å². The zero-order chi connectivity index (χ0) is 46.2. The number of aliphatic hydroxyl groups excluding tert-OH is 2. The van der Waals surface area contributed by atoms with E-state index in [4.69, 9.17) is 10.7 Å².